The Bertz CT molecular complexity index is 835. The first-order chi connectivity index (χ1) is 13.4. The van der Waals surface area contributed by atoms with E-state index in [0.717, 1.165) is 18.2 Å². The second-order valence-electron chi connectivity index (χ2n) is 5.90. The standard InChI is InChI=1S/C18H23N5O4S/c1-2-7-20-15(25)9-23-14(10-24)8-21-18(23)28-11-16(26)22-13-5-3-12(4-6-13)17(19)27/h3-6,8,24H,2,7,9-11H2,1H3,(H2,19,27)(H,20,25)(H,22,26). The molecule has 0 radical (unpaired) electrons. The van der Waals surface area contributed by atoms with Gasteiger partial charge in [0.15, 0.2) is 5.16 Å². The maximum atomic E-state index is 12.2. The molecule has 2 aromatic rings. The SMILES string of the molecule is CCCNC(=O)Cn1c(CO)cnc1SCC(=O)Nc1ccc(C(N)=O)cc1. The third-order valence-corrected chi connectivity index (χ3v) is 4.71. The zero-order valence-electron chi connectivity index (χ0n) is 15.5. The first-order valence-electron chi connectivity index (χ1n) is 8.69. The Morgan fingerprint density at radius 1 is 1.21 bits per heavy atom. The van der Waals surface area contributed by atoms with Crippen LogP contribution in [0, 0.1) is 0 Å². The molecule has 28 heavy (non-hydrogen) atoms. The molecule has 1 aromatic heterocycles. The molecule has 3 amide bonds. The summed E-state index contributed by atoms with van der Waals surface area (Å²) in [5.41, 5.74) is 6.57. The fraction of sp³-hybridized carbons (Fsp3) is 0.333. The van der Waals surface area contributed by atoms with Gasteiger partial charge < -0.3 is 26.0 Å². The lowest BCUT2D eigenvalue weighted by atomic mass is 10.2. The quantitative estimate of drug-likeness (QED) is 0.430. The number of imidazole rings is 1. The van der Waals surface area contributed by atoms with E-state index in [9.17, 15) is 19.5 Å². The van der Waals surface area contributed by atoms with Crippen LogP contribution in [0.25, 0.3) is 0 Å². The van der Waals surface area contributed by atoms with Crippen molar-refractivity contribution < 1.29 is 19.5 Å². The average molecular weight is 405 g/mol. The van der Waals surface area contributed by atoms with E-state index in [1.54, 1.807) is 16.7 Å². The lowest BCUT2D eigenvalue weighted by molar-refractivity contribution is -0.121. The third-order valence-electron chi connectivity index (χ3n) is 3.72. The van der Waals surface area contributed by atoms with Crippen LogP contribution >= 0.6 is 11.8 Å². The molecule has 150 valence electrons. The number of amides is 3. The molecule has 0 saturated heterocycles. The van der Waals surface area contributed by atoms with Gasteiger partial charge in [0.1, 0.15) is 6.54 Å². The number of thioether (sulfide) groups is 1. The van der Waals surface area contributed by atoms with Crippen molar-refractivity contribution in [3.8, 4) is 0 Å². The number of aliphatic hydroxyl groups is 1. The number of primary amides is 1. The first kappa shape index (κ1) is 21.5. The van der Waals surface area contributed by atoms with Crippen molar-refractivity contribution in [3.63, 3.8) is 0 Å². The predicted octanol–water partition coefficient (Wildman–Crippen LogP) is 0.731. The van der Waals surface area contributed by atoms with Gasteiger partial charge in [-0.1, -0.05) is 18.7 Å². The monoisotopic (exact) mass is 405 g/mol. The fourth-order valence-corrected chi connectivity index (χ4v) is 3.11. The molecule has 0 saturated carbocycles. The maximum absolute atomic E-state index is 12.2. The largest absolute Gasteiger partial charge is 0.390 e. The highest BCUT2D eigenvalue weighted by atomic mass is 32.2. The summed E-state index contributed by atoms with van der Waals surface area (Å²) < 4.78 is 1.59. The van der Waals surface area contributed by atoms with Crippen LogP contribution in [-0.4, -0.2) is 44.7 Å². The lowest BCUT2D eigenvalue weighted by Gasteiger charge is -2.11. The van der Waals surface area contributed by atoms with Crippen molar-refractivity contribution in [1.29, 1.82) is 0 Å². The predicted molar refractivity (Wildman–Crippen MR) is 106 cm³/mol. The van der Waals surface area contributed by atoms with Gasteiger partial charge in [-0.15, -0.1) is 0 Å². The van der Waals surface area contributed by atoms with E-state index >= 15 is 0 Å². The Morgan fingerprint density at radius 2 is 1.93 bits per heavy atom. The topological polar surface area (TPSA) is 139 Å². The average Bonchev–Trinajstić information content (AvgIpc) is 3.06. The number of rotatable bonds is 10. The molecule has 5 N–H and O–H groups in total. The minimum Gasteiger partial charge on any atom is -0.390 e. The van der Waals surface area contributed by atoms with E-state index in [2.05, 4.69) is 15.6 Å². The molecule has 0 spiro atoms. The van der Waals surface area contributed by atoms with Crippen LogP contribution in [0.3, 0.4) is 0 Å². The molecule has 10 heteroatoms. The van der Waals surface area contributed by atoms with E-state index in [1.807, 2.05) is 6.92 Å². The molecule has 0 aliphatic carbocycles. The number of nitrogens with zero attached hydrogens (tertiary/aromatic N) is 2. The number of aliphatic hydroxyl groups excluding tert-OH is 1. The summed E-state index contributed by atoms with van der Waals surface area (Å²) in [4.78, 5) is 39.4. The zero-order valence-corrected chi connectivity index (χ0v) is 16.3. The molecule has 0 atom stereocenters. The van der Waals surface area contributed by atoms with E-state index in [0.29, 0.717) is 28.6 Å². The molecule has 1 aromatic carbocycles. The Kier molecular flexibility index (Phi) is 8.02. The Hall–Kier alpha value is -2.85. The second-order valence-corrected chi connectivity index (χ2v) is 6.85. The first-order valence-corrected chi connectivity index (χ1v) is 9.67. The highest BCUT2D eigenvalue weighted by Crippen LogP contribution is 2.19. The summed E-state index contributed by atoms with van der Waals surface area (Å²) in [5.74, 6) is -0.929. The van der Waals surface area contributed by atoms with Crippen LogP contribution in [0.15, 0.2) is 35.6 Å². The number of anilines is 1. The second kappa shape index (κ2) is 10.5. The molecule has 0 unspecified atom stereocenters. The molecule has 0 aliphatic rings. The number of carbonyl (C=O) groups is 3. The van der Waals surface area contributed by atoms with E-state index in [-0.39, 0.29) is 30.7 Å². The van der Waals surface area contributed by atoms with Crippen LogP contribution in [-0.2, 0) is 22.7 Å². The number of hydrogen-bond donors (Lipinski definition) is 4. The van der Waals surface area contributed by atoms with Crippen LogP contribution < -0.4 is 16.4 Å². The molecule has 0 bridgehead atoms. The van der Waals surface area contributed by atoms with Crippen LogP contribution in [0.4, 0.5) is 5.69 Å². The van der Waals surface area contributed by atoms with Gasteiger partial charge >= 0.3 is 0 Å². The van der Waals surface area contributed by atoms with E-state index in [1.165, 1.54) is 18.3 Å². The Balaban J connectivity index is 1.95. The van der Waals surface area contributed by atoms with Crippen molar-refractivity contribution in [3.05, 3.63) is 41.7 Å². The molecule has 9 nitrogen and oxygen atoms in total. The van der Waals surface area contributed by atoms with Gasteiger partial charge in [0.05, 0.1) is 24.3 Å². The van der Waals surface area contributed by atoms with Gasteiger partial charge in [0.25, 0.3) is 0 Å². The van der Waals surface area contributed by atoms with Crippen LogP contribution in [0.1, 0.15) is 29.4 Å². The van der Waals surface area contributed by atoms with Crippen LogP contribution in [0.5, 0.6) is 0 Å². The molecule has 1 heterocycles. The molecule has 0 aliphatic heterocycles. The molecular formula is C18H23N5O4S. The summed E-state index contributed by atoms with van der Waals surface area (Å²) in [6.07, 6.45) is 2.31. The molecule has 2 rings (SSSR count). The minimum atomic E-state index is -0.539. The summed E-state index contributed by atoms with van der Waals surface area (Å²) in [6.45, 7) is 2.29. The van der Waals surface area contributed by atoms with Gasteiger partial charge in [-0.2, -0.15) is 0 Å². The van der Waals surface area contributed by atoms with E-state index < -0.39 is 5.91 Å². The smallest absolute Gasteiger partial charge is 0.248 e. The van der Waals surface area contributed by atoms with Gasteiger partial charge in [-0.05, 0) is 30.7 Å². The molecular weight excluding hydrogens is 382 g/mol. The fourth-order valence-electron chi connectivity index (χ4n) is 2.31. The van der Waals surface area contributed by atoms with Crippen molar-refractivity contribution in [2.24, 2.45) is 5.73 Å². The normalized spacial score (nSPS) is 10.5. The molecule has 0 fully saturated rings. The zero-order chi connectivity index (χ0) is 20.5. The third kappa shape index (κ3) is 6.10. The lowest BCUT2D eigenvalue weighted by Crippen LogP contribution is -2.29. The Labute approximate surface area is 166 Å². The van der Waals surface area contributed by atoms with Gasteiger partial charge in [-0.3, -0.25) is 14.4 Å². The van der Waals surface area contributed by atoms with Crippen molar-refractivity contribution in [2.45, 2.75) is 31.7 Å². The number of hydrogen-bond acceptors (Lipinski definition) is 6. The number of carbonyl (C=O) groups excluding carboxylic acids is 3. The van der Waals surface area contributed by atoms with Crippen molar-refractivity contribution in [1.82, 2.24) is 14.9 Å². The van der Waals surface area contributed by atoms with Gasteiger partial charge in [0, 0.05) is 17.8 Å². The number of aromatic nitrogens is 2. The van der Waals surface area contributed by atoms with Gasteiger partial charge in [-0.25, -0.2) is 4.98 Å². The highest BCUT2D eigenvalue weighted by Gasteiger charge is 2.15. The summed E-state index contributed by atoms with van der Waals surface area (Å²) >= 11 is 1.16. The van der Waals surface area contributed by atoms with Crippen molar-refractivity contribution in [2.75, 3.05) is 17.6 Å². The Morgan fingerprint density at radius 3 is 2.54 bits per heavy atom. The highest BCUT2D eigenvalue weighted by molar-refractivity contribution is 7.99. The maximum Gasteiger partial charge on any atom is 0.248 e. The van der Waals surface area contributed by atoms with Crippen molar-refractivity contribution >= 4 is 35.2 Å². The number of benzene rings is 1. The summed E-state index contributed by atoms with van der Waals surface area (Å²) in [6, 6.07) is 6.23. The summed E-state index contributed by atoms with van der Waals surface area (Å²) in [5, 5.41) is 15.4. The van der Waals surface area contributed by atoms with E-state index in [4.69, 9.17) is 5.73 Å². The van der Waals surface area contributed by atoms with Gasteiger partial charge in [0.2, 0.25) is 17.7 Å². The minimum absolute atomic E-state index is 0.0222. The van der Waals surface area contributed by atoms with Crippen LogP contribution in [0.2, 0.25) is 0 Å². The number of nitrogens with one attached hydrogen (secondary N) is 2. The number of nitrogens with two attached hydrogens (primary N) is 1. The summed E-state index contributed by atoms with van der Waals surface area (Å²) in [7, 11) is 0.